The lowest BCUT2D eigenvalue weighted by Gasteiger charge is -2.24. The third-order valence-corrected chi connectivity index (χ3v) is 10.6. The molecule has 0 aliphatic rings. The molecule has 0 saturated heterocycles. The zero-order valence-electron chi connectivity index (χ0n) is 31.6. The van der Waals surface area contributed by atoms with E-state index in [1.54, 1.807) is 12.1 Å². The molecule has 0 heterocycles. The van der Waals surface area contributed by atoms with Crippen molar-refractivity contribution in [2.75, 3.05) is 0 Å². The van der Waals surface area contributed by atoms with E-state index in [-0.39, 0.29) is 34.5 Å². The molecule has 0 radical (unpaired) electrons. The van der Waals surface area contributed by atoms with Gasteiger partial charge in [0, 0.05) is 23.0 Å². The van der Waals surface area contributed by atoms with Gasteiger partial charge in [-0.2, -0.15) is 0 Å². The fourth-order valence-corrected chi connectivity index (χ4v) is 7.85. The Morgan fingerprint density at radius 1 is 0.340 bits per heavy atom. The van der Waals surface area contributed by atoms with E-state index >= 15 is 0 Å². The maximum Gasteiger partial charge on any atom is 0.121 e. The van der Waals surface area contributed by atoms with Crippen molar-refractivity contribution in [3.63, 3.8) is 0 Å². The van der Waals surface area contributed by atoms with Crippen LogP contribution in [0.1, 0.15) is 101 Å². The number of aromatic hydroxyl groups is 6. The Morgan fingerprint density at radius 2 is 0.566 bits per heavy atom. The number of benzene rings is 6. The van der Waals surface area contributed by atoms with Gasteiger partial charge in [-0.15, -0.1) is 0 Å². The number of rotatable bonds is 8. The highest BCUT2D eigenvalue weighted by Crippen LogP contribution is 2.44. The lowest BCUT2D eigenvalue weighted by Crippen LogP contribution is -2.08. The quantitative estimate of drug-likeness (QED) is 0.0876. The molecule has 0 bridgehead atoms. The van der Waals surface area contributed by atoms with Crippen LogP contribution in [0.2, 0.25) is 0 Å². The van der Waals surface area contributed by atoms with Crippen molar-refractivity contribution in [1.29, 1.82) is 0 Å². The summed E-state index contributed by atoms with van der Waals surface area (Å²) in [4.78, 5) is 0. The molecular formula is C47H48O6. The van der Waals surface area contributed by atoms with Crippen molar-refractivity contribution < 1.29 is 30.6 Å². The molecule has 6 rings (SSSR count). The predicted molar refractivity (Wildman–Crippen MR) is 211 cm³/mol. The fourth-order valence-electron chi connectivity index (χ4n) is 7.85. The molecule has 0 aromatic heterocycles. The molecule has 0 amide bonds. The van der Waals surface area contributed by atoms with Gasteiger partial charge in [0.25, 0.3) is 0 Å². The molecule has 272 valence electrons. The zero-order chi connectivity index (χ0) is 38.5. The molecule has 53 heavy (non-hydrogen) atoms. The predicted octanol–water partition coefficient (Wildman–Crippen LogP) is 10.3. The summed E-state index contributed by atoms with van der Waals surface area (Å²) < 4.78 is 0. The maximum absolute atomic E-state index is 11.4. The smallest absolute Gasteiger partial charge is 0.121 e. The fraction of sp³-hybridized carbons (Fsp3) is 0.234. The highest BCUT2D eigenvalue weighted by molar-refractivity contribution is 5.58. The van der Waals surface area contributed by atoms with Crippen LogP contribution in [0, 0.1) is 55.4 Å². The third kappa shape index (κ3) is 7.14. The Bertz CT molecular complexity index is 2010. The molecule has 0 fully saturated rings. The molecule has 0 unspecified atom stereocenters. The normalized spacial score (nSPS) is 11.5. The van der Waals surface area contributed by atoms with Crippen LogP contribution < -0.4 is 0 Å². The number of hydrogen-bond acceptors (Lipinski definition) is 6. The molecule has 0 saturated carbocycles. The van der Waals surface area contributed by atoms with Gasteiger partial charge in [0.1, 0.15) is 34.5 Å². The molecular weight excluding hydrogens is 661 g/mol. The first-order chi connectivity index (χ1) is 25.0. The van der Waals surface area contributed by atoms with E-state index in [2.05, 4.69) is 0 Å². The Morgan fingerprint density at radius 3 is 0.792 bits per heavy atom. The largest absolute Gasteiger partial charge is 0.508 e. The SMILES string of the molecule is Cc1cc(C(c2cc(C)c(O)c(C)c2)c2cc(Cc3ccc(O)c(C(c4cc(C)c(O)c(C)c4)c4cc(C)c(O)c(C)c4)c3)ccc2O)cc(C)c1O. The van der Waals surface area contributed by atoms with Crippen molar-refractivity contribution >= 4 is 0 Å². The second-order valence-electron chi connectivity index (χ2n) is 14.8. The van der Waals surface area contributed by atoms with Crippen molar-refractivity contribution in [3.05, 3.63) is 174 Å². The molecule has 0 spiro atoms. The average molecular weight is 709 g/mol. The van der Waals surface area contributed by atoms with E-state index in [9.17, 15) is 30.6 Å². The van der Waals surface area contributed by atoms with E-state index in [0.29, 0.717) is 17.5 Å². The minimum absolute atomic E-state index is 0.133. The van der Waals surface area contributed by atoms with Gasteiger partial charge in [-0.05, 0) is 152 Å². The van der Waals surface area contributed by atoms with Crippen LogP contribution in [-0.4, -0.2) is 30.6 Å². The molecule has 6 nitrogen and oxygen atoms in total. The first-order valence-corrected chi connectivity index (χ1v) is 17.9. The second-order valence-corrected chi connectivity index (χ2v) is 14.8. The van der Waals surface area contributed by atoms with Gasteiger partial charge < -0.3 is 30.6 Å². The van der Waals surface area contributed by atoms with E-state index in [1.807, 2.05) is 128 Å². The lowest BCUT2D eigenvalue weighted by molar-refractivity contribution is 0.463. The van der Waals surface area contributed by atoms with E-state index in [4.69, 9.17) is 0 Å². The molecule has 6 N–H and O–H groups in total. The van der Waals surface area contributed by atoms with Crippen molar-refractivity contribution in [3.8, 4) is 34.5 Å². The van der Waals surface area contributed by atoms with Crippen LogP contribution in [0.5, 0.6) is 34.5 Å². The summed E-state index contributed by atoms with van der Waals surface area (Å²) in [5, 5.41) is 65.4. The van der Waals surface area contributed by atoms with Crippen LogP contribution >= 0.6 is 0 Å². The third-order valence-electron chi connectivity index (χ3n) is 10.6. The van der Waals surface area contributed by atoms with Gasteiger partial charge in [0.2, 0.25) is 0 Å². The van der Waals surface area contributed by atoms with Crippen molar-refractivity contribution in [2.45, 2.75) is 73.6 Å². The van der Waals surface area contributed by atoms with Crippen LogP contribution in [0.3, 0.4) is 0 Å². The van der Waals surface area contributed by atoms with Gasteiger partial charge in [-0.3, -0.25) is 0 Å². The highest BCUT2D eigenvalue weighted by Gasteiger charge is 2.26. The van der Waals surface area contributed by atoms with E-state index in [1.165, 1.54) is 0 Å². The monoisotopic (exact) mass is 708 g/mol. The first-order valence-electron chi connectivity index (χ1n) is 17.9. The summed E-state index contributed by atoms with van der Waals surface area (Å²) in [5.41, 5.74) is 12.8. The van der Waals surface area contributed by atoms with E-state index < -0.39 is 11.8 Å². The topological polar surface area (TPSA) is 121 Å². The van der Waals surface area contributed by atoms with E-state index in [0.717, 1.165) is 77.9 Å². The van der Waals surface area contributed by atoms with Gasteiger partial charge >= 0.3 is 0 Å². The van der Waals surface area contributed by atoms with Crippen LogP contribution in [-0.2, 0) is 6.42 Å². The summed E-state index contributed by atoms with van der Waals surface area (Å²) in [6.45, 7) is 14.9. The minimum atomic E-state index is -0.396. The Kier molecular flexibility index (Phi) is 9.93. The van der Waals surface area contributed by atoms with Gasteiger partial charge in [-0.1, -0.05) is 72.8 Å². The summed E-state index contributed by atoms with van der Waals surface area (Å²) in [6.07, 6.45) is 0.503. The molecule has 6 aromatic carbocycles. The van der Waals surface area contributed by atoms with Crippen molar-refractivity contribution in [2.24, 2.45) is 0 Å². The number of hydrogen-bond donors (Lipinski definition) is 6. The van der Waals surface area contributed by atoms with Gasteiger partial charge in [0.05, 0.1) is 0 Å². The second kappa shape index (κ2) is 14.3. The Hall–Kier alpha value is -5.88. The van der Waals surface area contributed by atoms with Gasteiger partial charge in [-0.25, -0.2) is 0 Å². The van der Waals surface area contributed by atoms with Crippen LogP contribution in [0.4, 0.5) is 0 Å². The maximum atomic E-state index is 11.4. The average Bonchev–Trinajstić information content (AvgIpc) is 3.10. The lowest BCUT2D eigenvalue weighted by atomic mass is 9.80. The van der Waals surface area contributed by atoms with Gasteiger partial charge in [0.15, 0.2) is 0 Å². The van der Waals surface area contributed by atoms with Crippen molar-refractivity contribution in [1.82, 2.24) is 0 Å². The summed E-state index contributed by atoms with van der Waals surface area (Å²) in [5.74, 6) is 0.419. The minimum Gasteiger partial charge on any atom is -0.508 e. The summed E-state index contributed by atoms with van der Waals surface area (Å²) in [6, 6.07) is 26.8. The number of aryl methyl sites for hydroxylation is 8. The summed E-state index contributed by atoms with van der Waals surface area (Å²) >= 11 is 0. The Balaban J connectivity index is 1.48. The summed E-state index contributed by atoms with van der Waals surface area (Å²) in [7, 11) is 0. The molecule has 0 aliphatic carbocycles. The number of phenols is 6. The highest BCUT2D eigenvalue weighted by atomic mass is 16.3. The standard InChI is InChI=1S/C47H48O6/c1-24-13-34(14-25(2)44(24)50)42(35-15-26(3)45(51)27(4)16-35)38-22-32(9-11-40(38)48)21-33-10-12-41(49)39(23-33)43(36-17-28(5)46(52)29(6)18-36)37-19-30(7)47(53)31(8)20-37/h9-20,22-23,42-43,48-53H,21H2,1-8H3. The molecule has 6 heteroatoms. The van der Waals surface area contributed by atoms with Crippen LogP contribution in [0.25, 0.3) is 0 Å². The number of phenolic OH excluding ortho intramolecular Hbond substituents is 6. The zero-order valence-corrected chi connectivity index (χ0v) is 31.6. The molecule has 0 atom stereocenters. The Labute approximate surface area is 311 Å². The van der Waals surface area contributed by atoms with Crippen LogP contribution in [0.15, 0.2) is 84.9 Å². The first kappa shape index (κ1) is 36.9. The molecule has 6 aromatic rings. The molecule has 0 aliphatic heterocycles.